The molecule has 2 aromatic carbocycles. The van der Waals surface area contributed by atoms with Crippen LogP contribution in [-0.2, 0) is 6.54 Å². The van der Waals surface area contributed by atoms with Crippen molar-refractivity contribution in [1.29, 1.82) is 0 Å². The summed E-state index contributed by atoms with van der Waals surface area (Å²) in [5.41, 5.74) is 3.97. The summed E-state index contributed by atoms with van der Waals surface area (Å²) in [4.78, 5) is 22.0. The van der Waals surface area contributed by atoms with Crippen LogP contribution in [0.2, 0.25) is 0 Å². The number of imidazole rings is 1. The van der Waals surface area contributed by atoms with Crippen LogP contribution in [0, 0.1) is 0 Å². The summed E-state index contributed by atoms with van der Waals surface area (Å²) in [5, 5.41) is 0. The van der Waals surface area contributed by atoms with Crippen LogP contribution in [0.4, 0.5) is 11.4 Å². The van der Waals surface area contributed by atoms with Crippen LogP contribution >= 0.6 is 0 Å². The molecule has 0 unspecified atom stereocenters. The van der Waals surface area contributed by atoms with Crippen LogP contribution in [-0.4, -0.2) is 34.6 Å². The largest absolute Gasteiger partial charge is 0.365 e. The number of nitrogens with zero attached hydrogens (tertiary/aromatic N) is 4. The Morgan fingerprint density at radius 3 is 2.48 bits per heavy atom. The SMILES string of the molecule is O=C(c1cncn1Cc1ccccc1)N1CCN(C2CC2)c2ccccc21. The molecule has 136 valence electrons. The van der Waals surface area contributed by atoms with Gasteiger partial charge in [0.25, 0.3) is 5.91 Å². The molecule has 27 heavy (non-hydrogen) atoms. The number of benzene rings is 2. The lowest BCUT2D eigenvalue weighted by Gasteiger charge is -2.38. The zero-order chi connectivity index (χ0) is 18.2. The quantitative estimate of drug-likeness (QED) is 0.716. The number of aromatic nitrogens is 2. The van der Waals surface area contributed by atoms with Gasteiger partial charge in [-0.3, -0.25) is 4.79 Å². The van der Waals surface area contributed by atoms with E-state index in [4.69, 9.17) is 0 Å². The van der Waals surface area contributed by atoms with Gasteiger partial charge in [-0.05, 0) is 30.5 Å². The second-order valence-electron chi connectivity index (χ2n) is 7.26. The summed E-state index contributed by atoms with van der Waals surface area (Å²) in [6, 6.07) is 19.1. The molecule has 1 aliphatic carbocycles. The molecule has 5 nitrogen and oxygen atoms in total. The monoisotopic (exact) mass is 358 g/mol. The van der Waals surface area contributed by atoms with Crippen molar-refractivity contribution in [3.63, 3.8) is 0 Å². The van der Waals surface area contributed by atoms with Crippen LogP contribution in [0.3, 0.4) is 0 Å². The highest BCUT2D eigenvalue weighted by atomic mass is 16.2. The minimum atomic E-state index is 0.0197. The van der Waals surface area contributed by atoms with Crippen molar-refractivity contribution < 1.29 is 4.79 Å². The molecule has 0 bridgehead atoms. The van der Waals surface area contributed by atoms with E-state index in [-0.39, 0.29) is 5.91 Å². The van der Waals surface area contributed by atoms with Gasteiger partial charge in [-0.15, -0.1) is 0 Å². The van der Waals surface area contributed by atoms with Gasteiger partial charge < -0.3 is 14.4 Å². The number of anilines is 2. The second-order valence-corrected chi connectivity index (χ2v) is 7.26. The smallest absolute Gasteiger partial charge is 0.276 e. The van der Waals surface area contributed by atoms with E-state index in [1.54, 1.807) is 12.5 Å². The molecule has 5 rings (SSSR count). The van der Waals surface area contributed by atoms with Crippen LogP contribution in [0.15, 0.2) is 67.1 Å². The number of amides is 1. The molecule has 2 aliphatic rings. The predicted octanol–water partition coefficient (Wildman–Crippen LogP) is 3.56. The first-order chi connectivity index (χ1) is 13.3. The van der Waals surface area contributed by atoms with Crippen molar-refractivity contribution in [1.82, 2.24) is 9.55 Å². The number of carbonyl (C=O) groups excluding carboxylic acids is 1. The van der Waals surface area contributed by atoms with E-state index < -0.39 is 0 Å². The fraction of sp³-hybridized carbons (Fsp3) is 0.273. The minimum Gasteiger partial charge on any atom is -0.365 e. The molecule has 0 atom stereocenters. The van der Waals surface area contributed by atoms with Gasteiger partial charge in [0.15, 0.2) is 0 Å². The average molecular weight is 358 g/mol. The van der Waals surface area contributed by atoms with E-state index in [1.165, 1.54) is 18.5 Å². The van der Waals surface area contributed by atoms with Gasteiger partial charge in [0, 0.05) is 25.7 Å². The standard InChI is InChI=1S/C22H22N4O/c27-22(21-14-23-16-24(21)15-17-6-2-1-3-7-17)26-13-12-25(18-10-11-18)19-8-4-5-9-20(19)26/h1-9,14,16,18H,10-13,15H2. The number of rotatable bonds is 4. The lowest BCUT2D eigenvalue weighted by atomic mass is 10.1. The van der Waals surface area contributed by atoms with Gasteiger partial charge in [0.2, 0.25) is 0 Å². The van der Waals surface area contributed by atoms with E-state index >= 15 is 0 Å². The van der Waals surface area contributed by atoms with Gasteiger partial charge in [0.1, 0.15) is 5.69 Å². The van der Waals surface area contributed by atoms with E-state index in [9.17, 15) is 4.79 Å². The van der Waals surface area contributed by atoms with E-state index in [1.807, 2.05) is 33.7 Å². The Morgan fingerprint density at radius 2 is 1.70 bits per heavy atom. The minimum absolute atomic E-state index is 0.0197. The molecular formula is C22H22N4O. The van der Waals surface area contributed by atoms with E-state index in [0.29, 0.717) is 24.8 Å². The summed E-state index contributed by atoms with van der Waals surface area (Å²) in [6.45, 7) is 2.24. The summed E-state index contributed by atoms with van der Waals surface area (Å²) in [7, 11) is 0. The van der Waals surface area contributed by atoms with Crippen molar-refractivity contribution in [2.45, 2.75) is 25.4 Å². The molecular weight excluding hydrogens is 336 g/mol. The summed E-state index contributed by atoms with van der Waals surface area (Å²) < 4.78 is 1.94. The van der Waals surface area contributed by atoms with Crippen molar-refractivity contribution in [3.05, 3.63) is 78.4 Å². The molecule has 1 saturated carbocycles. The predicted molar refractivity (Wildman–Crippen MR) is 106 cm³/mol. The molecule has 0 N–H and O–H groups in total. The molecule has 2 heterocycles. The van der Waals surface area contributed by atoms with Crippen molar-refractivity contribution >= 4 is 17.3 Å². The highest BCUT2D eigenvalue weighted by Crippen LogP contribution is 2.40. The third-order valence-corrected chi connectivity index (χ3v) is 5.41. The molecule has 1 fully saturated rings. The van der Waals surface area contributed by atoms with Crippen LogP contribution < -0.4 is 9.80 Å². The normalized spacial score (nSPS) is 16.3. The maximum atomic E-state index is 13.4. The number of hydrogen-bond donors (Lipinski definition) is 0. The highest BCUT2D eigenvalue weighted by Gasteiger charge is 2.36. The Labute approximate surface area is 158 Å². The Morgan fingerprint density at radius 1 is 0.963 bits per heavy atom. The van der Waals surface area contributed by atoms with Gasteiger partial charge >= 0.3 is 0 Å². The Hall–Kier alpha value is -3.08. The Kier molecular flexibility index (Phi) is 3.93. The van der Waals surface area contributed by atoms with E-state index in [0.717, 1.165) is 17.8 Å². The topological polar surface area (TPSA) is 41.4 Å². The summed E-state index contributed by atoms with van der Waals surface area (Å²) in [6.07, 6.45) is 5.94. The third kappa shape index (κ3) is 2.99. The first-order valence-corrected chi connectivity index (χ1v) is 9.53. The fourth-order valence-electron chi connectivity index (χ4n) is 3.90. The highest BCUT2D eigenvalue weighted by molar-refractivity contribution is 6.07. The maximum absolute atomic E-state index is 13.4. The zero-order valence-electron chi connectivity index (χ0n) is 15.2. The molecule has 0 spiro atoms. The van der Waals surface area contributed by atoms with Crippen molar-refractivity contribution in [3.8, 4) is 0 Å². The second kappa shape index (κ2) is 6.58. The number of para-hydroxylation sites is 2. The first kappa shape index (κ1) is 16.1. The lowest BCUT2D eigenvalue weighted by molar-refractivity contribution is 0.0978. The summed E-state index contributed by atoms with van der Waals surface area (Å²) in [5.74, 6) is 0.0197. The number of carbonyl (C=O) groups is 1. The molecule has 1 aromatic heterocycles. The number of fused-ring (bicyclic) bond motifs is 1. The lowest BCUT2D eigenvalue weighted by Crippen LogP contribution is -2.45. The molecule has 0 radical (unpaired) electrons. The average Bonchev–Trinajstić information content (AvgIpc) is 3.46. The van der Waals surface area contributed by atoms with Gasteiger partial charge in [0.05, 0.1) is 23.9 Å². The Bertz CT molecular complexity index is 961. The fourth-order valence-corrected chi connectivity index (χ4v) is 3.90. The third-order valence-electron chi connectivity index (χ3n) is 5.41. The van der Waals surface area contributed by atoms with Crippen LogP contribution in [0.25, 0.3) is 0 Å². The molecule has 1 amide bonds. The molecule has 5 heteroatoms. The van der Waals surface area contributed by atoms with Gasteiger partial charge in [-0.25, -0.2) is 4.98 Å². The van der Waals surface area contributed by atoms with E-state index in [2.05, 4.69) is 40.2 Å². The first-order valence-electron chi connectivity index (χ1n) is 9.53. The summed E-state index contributed by atoms with van der Waals surface area (Å²) >= 11 is 0. The molecule has 1 aliphatic heterocycles. The van der Waals surface area contributed by atoms with Crippen molar-refractivity contribution in [2.75, 3.05) is 22.9 Å². The van der Waals surface area contributed by atoms with Crippen molar-refractivity contribution in [2.24, 2.45) is 0 Å². The molecule has 0 saturated heterocycles. The van der Waals surface area contributed by atoms with Gasteiger partial charge in [-0.1, -0.05) is 42.5 Å². The number of hydrogen-bond acceptors (Lipinski definition) is 3. The zero-order valence-corrected chi connectivity index (χ0v) is 15.2. The maximum Gasteiger partial charge on any atom is 0.276 e. The van der Waals surface area contributed by atoms with Gasteiger partial charge in [-0.2, -0.15) is 0 Å². The van der Waals surface area contributed by atoms with Crippen LogP contribution in [0.5, 0.6) is 0 Å². The van der Waals surface area contributed by atoms with Crippen LogP contribution in [0.1, 0.15) is 28.9 Å². The Balaban J connectivity index is 1.45. The molecule has 3 aromatic rings.